The van der Waals surface area contributed by atoms with E-state index in [0.29, 0.717) is 17.5 Å². The van der Waals surface area contributed by atoms with Gasteiger partial charge in [0.1, 0.15) is 5.75 Å². The smallest absolute Gasteiger partial charge is 0.229 e. The van der Waals surface area contributed by atoms with Gasteiger partial charge in [-0.3, -0.25) is 4.79 Å². The van der Waals surface area contributed by atoms with Crippen LogP contribution in [-0.4, -0.2) is 17.1 Å². The summed E-state index contributed by atoms with van der Waals surface area (Å²) in [6, 6.07) is 4.63. The number of phenolic OH excluding ortho intramolecular Hbond substituents is 1. The second-order valence-electron chi connectivity index (χ2n) is 5.59. The highest BCUT2D eigenvalue weighted by Crippen LogP contribution is 2.48. The van der Waals surface area contributed by atoms with Gasteiger partial charge in [0.2, 0.25) is 5.91 Å². The van der Waals surface area contributed by atoms with Crippen LogP contribution in [0.2, 0.25) is 5.02 Å². The zero-order valence-electron chi connectivity index (χ0n) is 10.5. The summed E-state index contributed by atoms with van der Waals surface area (Å²) in [6.45, 7) is 0. The normalized spacial score (nSPS) is 32.5. The van der Waals surface area contributed by atoms with Gasteiger partial charge >= 0.3 is 0 Å². The van der Waals surface area contributed by atoms with Crippen molar-refractivity contribution in [3.05, 3.63) is 23.2 Å². The molecule has 0 heterocycles. The van der Waals surface area contributed by atoms with Crippen molar-refractivity contribution in [2.45, 2.75) is 25.3 Å². The quantitative estimate of drug-likeness (QED) is 0.728. The van der Waals surface area contributed by atoms with E-state index in [1.54, 1.807) is 12.1 Å². The molecule has 1 aromatic rings. The van der Waals surface area contributed by atoms with E-state index in [1.165, 1.54) is 6.07 Å². The molecule has 2 aliphatic carbocycles. The lowest BCUT2D eigenvalue weighted by Gasteiger charge is -2.27. The number of carbonyl (C=O) groups excluding carboxylic acids is 1. The number of anilines is 1. The van der Waals surface area contributed by atoms with E-state index < -0.39 is 0 Å². The first-order valence-corrected chi connectivity index (χ1v) is 6.99. The molecular weight excluding hydrogens is 264 g/mol. The van der Waals surface area contributed by atoms with E-state index in [2.05, 4.69) is 5.32 Å². The number of hydrogen-bond acceptors (Lipinski definition) is 3. The molecule has 4 atom stereocenters. The molecule has 4 nitrogen and oxygen atoms in total. The Balaban J connectivity index is 1.73. The number of amides is 1. The van der Waals surface area contributed by atoms with Gasteiger partial charge in [-0.25, -0.2) is 0 Å². The van der Waals surface area contributed by atoms with Gasteiger partial charge in [0.25, 0.3) is 0 Å². The maximum atomic E-state index is 12.3. The number of nitrogens with one attached hydrogen (secondary N) is 1. The summed E-state index contributed by atoms with van der Waals surface area (Å²) in [5, 5.41) is 12.4. The number of benzene rings is 1. The highest BCUT2D eigenvalue weighted by Gasteiger charge is 2.49. The van der Waals surface area contributed by atoms with Crippen molar-refractivity contribution in [3.8, 4) is 5.75 Å². The number of nitrogens with two attached hydrogens (primary N) is 1. The van der Waals surface area contributed by atoms with Gasteiger partial charge in [-0.1, -0.05) is 11.6 Å². The molecule has 2 bridgehead atoms. The summed E-state index contributed by atoms with van der Waals surface area (Å²) in [5.74, 6) is 0.820. The van der Waals surface area contributed by atoms with E-state index in [-0.39, 0.29) is 28.6 Å². The Hall–Kier alpha value is -1.26. The first kappa shape index (κ1) is 12.8. The highest BCUT2D eigenvalue weighted by atomic mass is 35.5. The van der Waals surface area contributed by atoms with Crippen molar-refractivity contribution >= 4 is 23.2 Å². The molecule has 0 aromatic heterocycles. The lowest BCUT2D eigenvalue weighted by atomic mass is 9.84. The number of aromatic hydroxyl groups is 1. The van der Waals surface area contributed by atoms with Crippen LogP contribution in [0, 0.1) is 17.8 Å². The zero-order chi connectivity index (χ0) is 13.6. The zero-order valence-corrected chi connectivity index (χ0v) is 11.2. The molecule has 102 valence electrons. The van der Waals surface area contributed by atoms with E-state index in [0.717, 1.165) is 19.3 Å². The number of halogens is 1. The molecule has 0 radical (unpaired) electrons. The predicted molar refractivity (Wildman–Crippen MR) is 74.0 cm³/mol. The van der Waals surface area contributed by atoms with Crippen LogP contribution in [-0.2, 0) is 4.79 Å². The second kappa shape index (κ2) is 4.69. The Morgan fingerprint density at radius 1 is 1.37 bits per heavy atom. The maximum absolute atomic E-state index is 12.3. The van der Waals surface area contributed by atoms with Crippen molar-refractivity contribution in [1.29, 1.82) is 0 Å². The number of phenols is 1. The summed E-state index contributed by atoms with van der Waals surface area (Å²) < 4.78 is 0. The number of fused-ring (bicyclic) bond motifs is 2. The summed E-state index contributed by atoms with van der Waals surface area (Å²) in [4.78, 5) is 12.3. The number of hydrogen-bond donors (Lipinski definition) is 3. The molecule has 3 rings (SSSR count). The molecule has 1 aromatic carbocycles. The van der Waals surface area contributed by atoms with E-state index in [9.17, 15) is 9.90 Å². The topological polar surface area (TPSA) is 75.4 Å². The number of rotatable bonds is 2. The fourth-order valence-corrected chi connectivity index (χ4v) is 3.72. The van der Waals surface area contributed by atoms with E-state index in [1.807, 2.05) is 0 Å². The van der Waals surface area contributed by atoms with E-state index >= 15 is 0 Å². The van der Waals surface area contributed by atoms with Gasteiger partial charge in [-0.2, -0.15) is 0 Å². The lowest BCUT2D eigenvalue weighted by Crippen LogP contribution is -2.42. The van der Waals surface area contributed by atoms with Crippen LogP contribution >= 0.6 is 11.6 Å². The molecular formula is C14H17ClN2O2. The third kappa shape index (κ3) is 2.19. The Bertz CT molecular complexity index is 518. The minimum Gasteiger partial charge on any atom is -0.506 e. The molecule has 2 aliphatic rings. The van der Waals surface area contributed by atoms with Gasteiger partial charge in [0.15, 0.2) is 0 Å². The minimum absolute atomic E-state index is 0.0105. The van der Waals surface area contributed by atoms with Crippen LogP contribution in [0.1, 0.15) is 19.3 Å². The molecule has 1 amide bonds. The summed E-state index contributed by atoms with van der Waals surface area (Å²) in [5.41, 5.74) is 6.75. The van der Waals surface area contributed by atoms with Gasteiger partial charge < -0.3 is 16.2 Å². The molecule has 2 saturated carbocycles. The average Bonchev–Trinajstić information content (AvgIpc) is 2.94. The molecule has 4 N–H and O–H groups in total. The Morgan fingerprint density at radius 2 is 2.11 bits per heavy atom. The van der Waals surface area contributed by atoms with Crippen LogP contribution in [0.25, 0.3) is 0 Å². The van der Waals surface area contributed by atoms with Crippen molar-refractivity contribution in [1.82, 2.24) is 0 Å². The number of carbonyl (C=O) groups is 1. The first-order valence-electron chi connectivity index (χ1n) is 6.61. The van der Waals surface area contributed by atoms with Gasteiger partial charge in [-0.05, 0) is 49.3 Å². The van der Waals surface area contributed by atoms with E-state index in [4.69, 9.17) is 17.3 Å². The second-order valence-corrected chi connectivity index (χ2v) is 6.00. The summed E-state index contributed by atoms with van der Waals surface area (Å²) in [6.07, 6.45) is 3.34. The fourth-order valence-electron chi connectivity index (χ4n) is 3.54. The third-order valence-corrected chi connectivity index (χ3v) is 4.80. The Labute approximate surface area is 116 Å². The van der Waals surface area contributed by atoms with Crippen molar-refractivity contribution in [3.63, 3.8) is 0 Å². The molecule has 2 fully saturated rings. The molecule has 0 aliphatic heterocycles. The van der Waals surface area contributed by atoms with Crippen LogP contribution in [0.3, 0.4) is 0 Å². The average molecular weight is 281 g/mol. The highest BCUT2D eigenvalue weighted by molar-refractivity contribution is 6.32. The Morgan fingerprint density at radius 3 is 2.74 bits per heavy atom. The minimum atomic E-state index is -0.0914. The van der Waals surface area contributed by atoms with Crippen LogP contribution in [0.15, 0.2) is 18.2 Å². The standard InChI is InChI=1S/C14H17ClN2O2/c15-10-6-9(3-4-11(10)18)17-14(19)12-7-1-2-8(5-7)13(12)16/h3-4,6-8,12-13,18H,1-2,5,16H2,(H,17,19). The largest absolute Gasteiger partial charge is 0.506 e. The monoisotopic (exact) mass is 280 g/mol. The molecule has 19 heavy (non-hydrogen) atoms. The summed E-state index contributed by atoms with van der Waals surface area (Å²) in [7, 11) is 0. The van der Waals surface area contributed by atoms with Crippen molar-refractivity contribution < 1.29 is 9.90 Å². The van der Waals surface area contributed by atoms with Crippen LogP contribution < -0.4 is 11.1 Å². The van der Waals surface area contributed by atoms with Gasteiger partial charge in [0, 0.05) is 11.7 Å². The molecule has 5 heteroatoms. The van der Waals surface area contributed by atoms with Crippen molar-refractivity contribution in [2.24, 2.45) is 23.5 Å². The Kier molecular flexibility index (Phi) is 3.15. The summed E-state index contributed by atoms with van der Waals surface area (Å²) >= 11 is 5.82. The SMILES string of the molecule is NC1C2CCC(C2)C1C(=O)Nc1ccc(O)c(Cl)c1. The lowest BCUT2D eigenvalue weighted by molar-refractivity contribution is -0.121. The predicted octanol–water partition coefficient (Wildman–Crippen LogP) is 2.36. The fraction of sp³-hybridized carbons (Fsp3) is 0.500. The van der Waals surface area contributed by atoms with Gasteiger partial charge in [0.05, 0.1) is 10.9 Å². The molecule has 0 spiro atoms. The van der Waals surface area contributed by atoms with Crippen molar-refractivity contribution in [2.75, 3.05) is 5.32 Å². The maximum Gasteiger partial charge on any atom is 0.229 e. The molecule has 4 unspecified atom stereocenters. The van der Waals surface area contributed by atoms with Gasteiger partial charge in [-0.15, -0.1) is 0 Å². The first-order chi connectivity index (χ1) is 9.06. The van der Waals surface area contributed by atoms with Crippen LogP contribution in [0.5, 0.6) is 5.75 Å². The third-order valence-electron chi connectivity index (χ3n) is 4.50. The van der Waals surface area contributed by atoms with Crippen LogP contribution in [0.4, 0.5) is 5.69 Å². The molecule has 0 saturated heterocycles.